The van der Waals surface area contributed by atoms with Gasteiger partial charge in [0.15, 0.2) is 0 Å². The van der Waals surface area contributed by atoms with Gasteiger partial charge in [0.1, 0.15) is 11.9 Å². The molecule has 1 heterocycles. The van der Waals surface area contributed by atoms with Crippen LogP contribution in [-0.2, 0) is 0 Å². The van der Waals surface area contributed by atoms with E-state index in [1.807, 2.05) is 6.92 Å². The lowest BCUT2D eigenvalue weighted by molar-refractivity contribution is 0.147. The summed E-state index contributed by atoms with van der Waals surface area (Å²) in [6, 6.07) is 3.32. The highest BCUT2D eigenvalue weighted by Gasteiger charge is 2.17. The predicted octanol–water partition coefficient (Wildman–Crippen LogP) is 2.97. The van der Waals surface area contributed by atoms with E-state index in [2.05, 4.69) is 10.6 Å². The van der Waals surface area contributed by atoms with Gasteiger partial charge >= 0.3 is 6.03 Å². The first-order chi connectivity index (χ1) is 10.1. The summed E-state index contributed by atoms with van der Waals surface area (Å²) < 4.78 is 5.08. The highest BCUT2D eigenvalue weighted by atomic mass is 16.4. The van der Waals surface area contributed by atoms with Crippen molar-refractivity contribution in [2.75, 3.05) is 6.54 Å². The van der Waals surface area contributed by atoms with Crippen molar-refractivity contribution in [1.29, 1.82) is 0 Å². The summed E-state index contributed by atoms with van der Waals surface area (Å²) in [6.45, 7) is 2.17. The van der Waals surface area contributed by atoms with Gasteiger partial charge in [0, 0.05) is 6.04 Å². The van der Waals surface area contributed by atoms with Crippen LogP contribution in [0.5, 0.6) is 0 Å². The average Bonchev–Trinajstić information content (AvgIpc) is 3.15. The quantitative estimate of drug-likeness (QED) is 0.723. The summed E-state index contributed by atoms with van der Waals surface area (Å²) in [7, 11) is 0. The van der Waals surface area contributed by atoms with Crippen molar-refractivity contribution in [3.05, 3.63) is 24.2 Å². The van der Waals surface area contributed by atoms with E-state index in [-0.39, 0.29) is 18.6 Å². The van der Waals surface area contributed by atoms with Crippen LogP contribution in [0.25, 0.3) is 0 Å². The molecule has 0 aliphatic heterocycles. The standard InChI is InChI=1S/C16H26N2O3/c1-12(8-9-13-5-2-3-6-13)18-16(20)17-11-14(19)15-7-4-10-21-15/h4,7,10,12-14,19H,2-3,5-6,8-9,11H2,1H3,(H2,17,18,20). The van der Waals surface area contributed by atoms with Crippen LogP contribution in [0.1, 0.15) is 57.3 Å². The highest BCUT2D eigenvalue weighted by Crippen LogP contribution is 2.28. The molecule has 5 nitrogen and oxygen atoms in total. The number of aliphatic hydroxyl groups is 1. The van der Waals surface area contributed by atoms with E-state index in [1.54, 1.807) is 12.1 Å². The third-order valence-corrected chi connectivity index (χ3v) is 4.19. The lowest BCUT2D eigenvalue weighted by atomic mass is 9.99. The van der Waals surface area contributed by atoms with Gasteiger partial charge in [-0.05, 0) is 37.8 Å². The second-order valence-corrected chi connectivity index (χ2v) is 6.01. The Balaban J connectivity index is 1.59. The molecule has 1 aromatic heterocycles. The molecule has 1 aliphatic rings. The summed E-state index contributed by atoms with van der Waals surface area (Å²) >= 11 is 0. The van der Waals surface area contributed by atoms with Crippen LogP contribution in [0.15, 0.2) is 22.8 Å². The second-order valence-electron chi connectivity index (χ2n) is 6.01. The normalized spacial score (nSPS) is 18.4. The summed E-state index contributed by atoms with van der Waals surface area (Å²) in [5.74, 6) is 1.31. The Morgan fingerprint density at radius 3 is 2.90 bits per heavy atom. The van der Waals surface area contributed by atoms with E-state index in [4.69, 9.17) is 4.42 Å². The third-order valence-electron chi connectivity index (χ3n) is 4.19. The molecule has 1 fully saturated rings. The minimum atomic E-state index is -0.806. The first-order valence-corrected chi connectivity index (χ1v) is 7.91. The smallest absolute Gasteiger partial charge is 0.315 e. The minimum absolute atomic E-state index is 0.148. The largest absolute Gasteiger partial charge is 0.467 e. The molecule has 21 heavy (non-hydrogen) atoms. The van der Waals surface area contributed by atoms with Crippen LogP contribution in [-0.4, -0.2) is 23.7 Å². The number of carbonyl (C=O) groups excluding carboxylic acids is 1. The van der Waals surface area contributed by atoms with Gasteiger partial charge in [0.2, 0.25) is 0 Å². The van der Waals surface area contributed by atoms with Gasteiger partial charge in [-0.2, -0.15) is 0 Å². The predicted molar refractivity (Wildman–Crippen MR) is 80.9 cm³/mol. The molecule has 5 heteroatoms. The van der Waals surface area contributed by atoms with Gasteiger partial charge in [-0.1, -0.05) is 25.7 Å². The molecule has 2 unspecified atom stereocenters. The molecule has 0 aromatic carbocycles. The van der Waals surface area contributed by atoms with Crippen LogP contribution >= 0.6 is 0 Å². The van der Waals surface area contributed by atoms with Gasteiger partial charge in [-0.3, -0.25) is 0 Å². The van der Waals surface area contributed by atoms with Gasteiger partial charge in [0.25, 0.3) is 0 Å². The van der Waals surface area contributed by atoms with Crippen LogP contribution in [0.2, 0.25) is 0 Å². The molecule has 2 amide bonds. The van der Waals surface area contributed by atoms with Gasteiger partial charge in [-0.25, -0.2) is 4.79 Å². The Labute approximate surface area is 126 Å². The van der Waals surface area contributed by atoms with Crippen LogP contribution in [0, 0.1) is 5.92 Å². The highest BCUT2D eigenvalue weighted by molar-refractivity contribution is 5.74. The Morgan fingerprint density at radius 1 is 1.48 bits per heavy atom. The molecule has 1 saturated carbocycles. The molecule has 0 radical (unpaired) electrons. The molecule has 0 saturated heterocycles. The summed E-state index contributed by atoms with van der Waals surface area (Å²) in [6.07, 6.45) is 8.30. The van der Waals surface area contributed by atoms with E-state index in [0.29, 0.717) is 5.76 Å². The van der Waals surface area contributed by atoms with Gasteiger partial charge in [-0.15, -0.1) is 0 Å². The van der Waals surface area contributed by atoms with Crippen molar-refractivity contribution in [2.45, 2.75) is 57.6 Å². The first-order valence-electron chi connectivity index (χ1n) is 7.91. The summed E-state index contributed by atoms with van der Waals surface area (Å²) in [5.41, 5.74) is 0. The van der Waals surface area contributed by atoms with Crippen molar-refractivity contribution in [3.8, 4) is 0 Å². The summed E-state index contributed by atoms with van der Waals surface area (Å²) in [4.78, 5) is 11.8. The number of carbonyl (C=O) groups is 1. The Hall–Kier alpha value is -1.49. The molecule has 2 rings (SSSR count). The maximum absolute atomic E-state index is 11.8. The van der Waals surface area contributed by atoms with E-state index in [0.717, 1.165) is 12.3 Å². The molecule has 1 aliphatic carbocycles. The molecule has 1 aromatic rings. The minimum Gasteiger partial charge on any atom is -0.467 e. The zero-order valence-corrected chi connectivity index (χ0v) is 12.7. The van der Waals surface area contributed by atoms with Crippen LogP contribution in [0.3, 0.4) is 0 Å². The van der Waals surface area contributed by atoms with Crippen molar-refractivity contribution >= 4 is 6.03 Å². The van der Waals surface area contributed by atoms with Crippen LogP contribution in [0.4, 0.5) is 4.79 Å². The maximum Gasteiger partial charge on any atom is 0.315 e. The number of aliphatic hydroxyl groups excluding tert-OH is 1. The van der Waals surface area contributed by atoms with Crippen molar-refractivity contribution in [3.63, 3.8) is 0 Å². The van der Waals surface area contributed by atoms with Crippen molar-refractivity contribution in [1.82, 2.24) is 10.6 Å². The lowest BCUT2D eigenvalue weighted by Gasteiger charge is -2.17. The average molecular weight is 294 g/mol. The fraction of sp³-hybridized carbons (Fsp3) is 0.688. The van der Waals surface area contributed by atoms with E-state index >= 15 is 0 Å². The van der Waals surface area contributed by atoms with Crippen molar-refractivity contribution in [2.24, 2.45) is 5.92 Å². The SMILES string of the molecule is CC(CCC1CCCC1)NC(=O)NCC(O)c1ccco1. The molecule has 3 N–H and O–H groups in total. The van der Waals surface area contributed by atoms with Crippen molar-refractivity contribution < 1.29 is 14.3 Å². The number of rotatable bonds is 7. The van der Waals surface area contributed by atoms with E-state index in [1.165, 1.54) is 38.4 Å². The van der Waals surface area contributed by atoms with Crippen LogP contribution < -0.4 is 10.6 Å². The van der Waals surface area contributed by atoms with Gasteiger partial charge in [0.05, 0.1) is 12.8 Å². The fourth-order valence-electron chi connectivity index (χ4n) is 2.90. The number of urea groups is 1. The monoisotopic (exact) mass is 294 g/mol. The zero-order chi connectivity index (χ0) is 15.1. The molecular formula is C16H26N2O3. The topological polar surface area (TPSA) is 74.5 Å². The number of hydrogen-bond acceptors (Lipinski definition) is 3. The fourth-order valence-corrected chi connectivity index (χ4v) is 2.90. The molecule has 2 atom stereocenters. The number of amides is 2. The zero-order valence-electron chi connectivity index (χ0n) is 12.7. The molecular weight excluding hydrogens is 268 g/mol. The lowest BCUT2D eigenvalue weighted by Crippen LogP contribution is -2.42. The number of hydrogen-bond donors (Lipinski definition) is 3. The third kappa shape index (κ3) is 5.42. The molecule has 0 spiro atoms. The molecule has 0 bridgehead atoms. The summed E-state index contributed by atoms with van der Waals surface area (Å²) in [5, 5.41) is 15.4. The Morgan fingerprint density at radius 2 is 2.24 bits per heavy atom. The van der Waals surface area contributed by atoms with E-state index in [9.17, 15) is 9.90 Å². The van der Waals surface area contributed by atoms with E-state index < -0.39 is 6.10 Å². The van der Waals surface area contributed by atoms with Gasteiger partial charge < -0.3 is 20.2 Å². The maximum atomic E-state index is 11.8. The second kappa shape index (κ2) is 8.08. The first kappa shape index (κ1) is 15.9. The number of furan rings is 1. The Kier molecular flexibility index (Phi) is 6.11. The number of nitrogens with one attached hydrogen (secondary N) is 2. The molecule has 118 valence electrons. The Bertz CT molecular complexity index is 413.